The summed E-state index contributed by atoms with van der Waals surface area (Å²) in [4.78, 5) is 0. The van der Waals surface area contributed by atoms with E-state index in [0.717, 1.165) is 13.2 Å². The molecular weight excluding hydrogens is 223 g/mol. The minimum absolute atomic E-state index is 0.0345. The van der Waals surface area contributed by atoms with E-state index in [1.54, 1.807) is 0 Å². The van der Waals surface area contributed by atoms with Gasteiger partial charge in [0.15, 0.2) is 0 Å². The van der Waals surface area contributed by atoms with E-state index >= 15 is 0 Å². The zero-order chi connectivity index (χ0) is 12.8. The first kappa shape index (κ1) is 13.6. The van der Waals surface area contributed by atoms with Crippen molar-refractivity contribution in [2.24, 2.45) is 0 Å². The fraction of sp³-hybridized carbons (Fsp3) is 0.600. The van der Waals surface area contributed by atoms with Gasteiger partial charge in [0.1, 0.15) is 0 Å². The van der Waals surface area contributed by atoms with Gasteiger partial charge in [-0.3, -0.25) is 0 Å². The molecule has 0 radical (unpaired) electrons. The summed E-state index contributed by atoms with van der Waals surface area (Å²) in [7, 11) is -0.0345. The van der Waals surface area contributed by atoms with Crippen molar-refractivity contribution < 1.29 is 9.31 Å². The minimum Gasteiger partial charge on any atom is -0.411 e. The Hall–Kier alpha value is -0.795. The Morgan fingerprint density at radius 3 is 2.33 bits per heavy atom. The lowest BCUT2D eigenvalue weighted by Gasteiger charge is -2.25. The predicted octanol–water partition coefficient (Wildman–Crippen LogP) is 3.89. The van der Waals surface area contributed by atoms with E-state index in [0.29, 0.717) is 11.7 Å². The molecule has 98 valence electrons. The topological polar surface area (TPSA) is 18.5 Å². The first-order valence-corrected chi connectivity index (χ1v) is 7.15. The van der Waals surface area contributed by atoms with Gasteiger partial charge < -0.3 is 9.31 Å². The lowest BCUT2D eigenvalue weighted by molar-refractivity contribution is 0.201. The molecule has 0 amide bonds. The van der Waals surface area contributed by atoms with Gasteiger partial charge in [0.05, 0.1) is 0 Å². The molecule has 0 spiro atoms. The van der Waals surface area contributed by atoms with Gasteiger partial charge in [0.25, 0.3) is 0 Å². The minimum atomic E-state index is -0.0345. The molecule has 0 heterocycles. The lowest BCUT2D eigenvalue weighted by Crippen LogP contribution is -2.30. The summed E-state index contributed by atoms with van der Waals surface area (Å²) in [6.45, 7) is 5.53. The highest BCUT2D eigenvalue weighted by molar-refractivity contribution is 6.46. The standard InChI is InChI=1S/C15H23BO2/c1-3-17-16(18-4-2)15-12-8-11-14(15)13-9-6-5-7-10-13/h5-7,9-10,14-15H,3-4,8,11-12H2,1-2H3/t14-,15+/m0/s1. The van der Waals surface area contributed by atoms with Crippen molar-refractivity contribution in [3.8, 4) is 0 Å². The van der Waals surface area contributed by atoms with Gasteiger partial charge in [-0.2, -0.15) is 0 Å². The van der Waals surface area contributed by atoms with Crippen LogP contribution in [-0.4, -0.2) is 20.3 Å². The number of rotatable bonds is 6. The molecule has 18 heavy (non-hydrogen) atoms. The first-order valence-electron chi connectivity index (χ1n) is 7.15. The average Bonchev–Trinajstić information content (AvgIpc) is 2.88. The summed E-state index contributed by atoms with van der Waals surface area (Å²) >= 11 is 0. The first-order chi connectivity index (χ1) is 8.86. The van der Waals surface area contributed by atoms with Gasteiger partial charge in [0.2, 0.25) is 0 Å². The van der Waals surface area contributed by atoms with Gasteiger partial charge in [-0.05, 0) is 31.7 Å². The highest BCUT2D eigenvalue weighted by Gasteiger charge is 2.39. The van der Waals surface area contributed by atoms with Crippen molar-refractivity contribution in [1.82, 2.24) is 0 Å². The third kappa shape index (κ3) is 3.15. The summed E-state index contributed by atoms with van der Waals surface area (Å²) in [5, 5.41) is 0. The Labute approximate surface area is 111 Å². The molecule has 0 saturated heterocycles. The molecule has 2 nitrogen and oxygen atoms in total. The van der Waals surface area contributed by atoms with Gasteiger partial charge in [-0.25, -0.2) is 0 Å². The number of benzene rings is 1. The van der Waals surface area contributed by atoms with Crippen LogP contribution in [0.25, 0.3) is 0 Å². The summed E-state index contributed by atoms with van der Waals surface area (Å²) in [5.74, 6) is 1.10. The van der Waals surface area contributed by atoms with E-state index in [1.165, 1.54) is 24.8 Å². The normalized spacial score (nSPS) is 23.2. The maximum absolute atomic E-state index is 5.80. The van der Waals surface area contributed by atoms with Crippen molar-refractivity contribution >= 4 is 7.12 Å². The molecule has 0 bridgehead atoms. The van der Waals surface area contributed by atoms with Gasteiger partial charge in [-0.1, -0.05) is 43.2 Å². The molecule has 2 rings (SSSR count). The van der Waals surface area contributed by atoms with Crippen LogP contribution in [0.5, 0.6) is 0 Å². The molecule has 0 unspecified atom stereocenters. The van der Waals surface area contributed by atoms with Crippen LogP contribution in [0.1, 0.15) is 44.6 Å². The monoisotopic (exact) mass is 246 g/mol. The molecule has 1 aliphatic carbocycles. The van der Waals surface area contributed by atoms with E-state index in [9.17, 15) is 0 Å². The second-order valence-corrected chi connectivity index (χ2v) is 4.89. The molecule has 0 aliphatic heterocycles. The maximum atomic E-state index is 5.80. The molecule has 1 saturated carbocycles. The molecular formula is C15H23BO2. The lowest BCUT2D eigenvalue weighted by atomic mass is 9.64. The van der Waals surface area contributed by atoms with Crippen LogP contribution >= 0.6 is 0 Å². The van der Waals surface area contributed by atoms with Crippen LogP contribution in [0.15, 0.2) is 30.3 Å². The smallest absolute Gasteiger partial charge is 0.411 e. The molecule has 0 aromatic heterocycles. The van der Waals surface area contributed by atoms with Crippen LogP contribution in [0, 0.1) is 0 Å². The number of hydrogen-bond donors (Lipinski definition) is 0. The quantitative estimate of drug-likeness (QED) is 0.709. The zero-order valence-corrected chi connectivity index (χ0v) is 11.5. The summed E-state index contributed by atoms with van der Waals surface area (Å²) in [6.07, 6.45) is 3.75. The highest BCUT2D eigenvalue weighted by atomic mass is 16.6. The fourth-order valence-corrected chi connectivity index (χ4v) is 3.05. The van der Waals surface area contributed by atoms with Gasteiger partial charge in [0, 0.05) is 19.0 Å². The summed E-state index contributed by atoms with van der Waals surface area (Å²) in [5.41, 5.74) is 1.43. The Balaban J connectivity index is 2.10. The van der Waals surface area contributed by atoms with Crippen LogP contribution < -0.4 is 0 Å². The van der Waals surface area contributed by atoms with E-state index < -0.39 is 0 Å². The third-order valence-corrected chi connectivity index (χ3v) is 3.81. The molecule has 1 fully saturated rings. The maximum Gasteiger partial charge on any atom is 0.460 e. The van der Waals surface area contributed by atoms with Crippen molar-refractivity contribution in [2.75, 3.05) is 13.2 Å². The van der Waals surface area contributed by atoms with E-state index in [-0.39, 0.29) is 7.12 Å². The zero-order valence-electron chi connectivity index (χ0n) is 11.5. The second-order valence-electron chi connectivity index (χ2n) is 4.89. The van der Waals surface area contributed by atoms with Crippen molar-refractivity contribution in [3.63, 3.8) is 0 Å². The summed E-state index contributed by atoms with van der Waals surface area (Å²) < 4.78 is 11.6. The Morgan fingerprint density at radius 2 is 1.72 bits per heavy atom. The average molecular weight is 246 g/mol. The summed E-state index contributed by atoms with van der Waals surface area (Å²) in [6, 6.07) is 10.8. The molecule has 1 aromatic carbocycles. The van der Waals surface area contributed by atoms with Gasteiger partial charge in [-0.15, -0.1) is 0 Å². The molecule has 1 aliphatic rings. The Bertz CT molecular complexity index is 336. The molecule has 0 N–H and O–H groups in total. The van der Waals surface area contributed by atoms with Crippen LogP contribution in [0.3, 0.4) is 0 Å². The largest absolute Gasteiger partial charge is 0.460 e. The number of hydrogen-bond acceptors (Lipinski definition) is 2. The molecule has 3 heteroatoms. The van der Waals surface area contributed by atoms with Crippen LogP contribution in [-0.2, 0) is 9.31 Å². The fourth-order valence-electron chi connectivity index (χ4n) is 3.05. The third-order valence-electron chi connectivity index (χ3n) is 3.81. The Kier molecular flexibility index (Phi) is 5.27. The van der Waals surface area contributed by atoms with E-state index in [1.807, 2.05) is 13.8 Å². The van der Waals surface area contributed by atoms with Crippen molar-refractivity contribution in [2.45, 2.75) is 44.8 Å². The van der Waals surface area contributed by atoms with E-state index in [2.05, 4.69) is 30.3 Å². The molecule has 2 atom stereocenters. The van der Waals surface area contributed by atoms with Crippen LogP contribution in [0.2, 0.25) is 5.82 Å². The molecule has 1 aromatic rings. The van der Waals surface area contributed by atoms with E-state index in [4.69, 9.17) is 9.31 Å². The highest BCUT2D eigenvalue weighted by Crippen LogP contribution is 2.45. The predicted molar refractivity (Wildman–Crippen MR) is 75.8 cm³/mol. The van der Waals surface area contributed by atoms with Crippen LogP contribution in [0.4, 0.5) is 0 Å². The van der Waals surface area contributed by atoms with Crippen molar-refractivity contribution in [1.29, 1.82) is 0 Å². The van der Waals surface area contributed by atoms with Crippen molar-refractivity contribution in [3.05, 3.63) is 35.9 Å². The SMILES string of the molecule is CCOB(OCC)[C@@H]1CCC[C@H]1c1ccccc1. The Morgan fingerprint density at radius 1 is 1.06 bits per heavy atom. The second kappa shape index (κ2) is 6.96. The van der Waals surface area contributed by atoms with Gasteiger partial charge >= 0.3 is 7.12 Å².